The van der Waals surface area contributed by atoms with Gasteiger partial charge < -0.3 is 9.64 Å². The Kier molecular flexibility index (Phi) is 5.64. The van der Waals surface area contributed by atoms with E-state index >= 15 is 0 Å². The number of aromatic amines is 1. The molecule has 0 spiro atoms. The molecule has 8 nitrogen and oxygen atoms in total. The van der Waals surface area contributed by atoms with Gasteiger partial charge in [-0.15, -0.1) is 0 Å². The summed E-state index contributed by atoms with van der Waals surface area (Å²) in [6, 6.07) is 1.34. The van der Waals surface area contributed by atoms with Crippen molar-refractivity contribution in [2.24, 2.45) is 0 Å². The summed E-state index contributed by atoms with van der Waals surface area (Å²) >= 11 is 0. The summed E-state index contributed by atoms with van der Waals surface area (Å²) in [5.41, 5.74) is 1.09. The number of nitrogens with one attached hydrogen (secondary N) is 1. The number of hydrogen-bond donors (Lipinski definition) is 1. The lowest BCUT2D eigenvalue weighted by Gasteiger charge is -2.28. The third-order valence-corrected chi connectivity index (χ3v) is 6.62. The van der Waals surface area contributed by atoms with Crippen LogP contribution >= 0.6 is 0 Å². The predicted octanol–water partition coefficient (Wildman–Crippen LogP) is 1.26. The molecule has 3 rings (SSSR count). The molecule has 1 aromatic rings. The SMILES string of the molecule is CCCCN(C(=O)COC(=O)c1cc(C2CC2)[nH]n1)C1CCS(=O)(=O)C1. The van der Waals surface area contributed by atoms with Crippen LogP contribution in [-0.4, -0.2) is 66.1 Å². The summed E-state index contributed by atoms with van der Waals surface area (Å²) in [5.74, 6) is -0.465. The highest BCUT2D eigenvalue weighted by Gasteiger charge is 2.34. The first-order chi connectivity index (χ1) is 12.4. The molecule has 2 fully saturated rings. The number of H-pyrrole nitrogens is 1. The molecule has 0 radical (unpaired) electrons. The van der Waals surface area contributed by atoms with Crippen LogP contribution in [0.1, 0.15) is 61.1 Å². The van der Waals surface area contributed by atoms with Crippen molar-refractivity contribution in [3.63, 3.8) is 0 Å². The second-order valence-corrected chi connectivity index (χ2v) is 9.29. The molecule has 1 saturated carbocycles. The van der Waals surface area contributed by atoms with Gasteiger partial charge in [-0.05, 0) is 31.7 Å². The van der Waals surface area contributed by atoms with Crippen LogP contribution in [-0.2, 0) is 19.4 Å². The molecular formula is C17H25N3O5S. The third-order valence-electron chi connectivity index (χ3n) is 4.87. The normalized spacial score (nSPS) is 21.5. The van der Waals surface area contributed by atoms with Gasteiger partial charge in [0.1, 0.15) is 0 Å². The van der Waals surface area contributed by atoms with Gasteiger partial charge in [0.05, 0.1) is 11.5 Å². The van der Waals surface area contributed by atoms with E-state index in [9.17, 15) is 18.0 Å². The molecule has 1 amide bonds. The number of rotatable bonds is 8. The lowest BCUT2D eigenvalue weighted by molar-refractivity contribution is -0.136. The molecular weight excluding hydrogens is 358 g/mol. The zero-order chi connectivity index (χ0) is 18.7. The second kappa shape index (κ2) is 7.77. The Balaban J connectivity index is 1.56. The molecule has 1 N–H and O–H groups in total. The van der Waals surface area contributed by atoms with Crippen LogP contribution in [0.4, 0.5) is 0 Å². The first-order valence-corrected chi connectivity index (χ1v) is 10.9. The number of esters is 1. The predicted molar refractivity (Wildman–Crippen MR) is 94.5 cm³/mol. The number of hydrogen-bond acceptors (Lipinski definition) is 6. The Hall–Kier alpha value is -1.90. The zero-order valence-electron chi connectivity index (χ0n) is 14.9. The van der Waals surface area contributed by atoms with E-state index in [1.165, 1.54) is 0 Å². The average Bonchev–Trinajstić information content (AvgIpc) is 3.22. The molecule has 144 valence electrons. The van der Waals surface area contributed by atoms with Crippen molar-refractivity contribution in [1.29, 1.82) is 0 Å². The standard InChI is InChI=1S/C17H25N3O5S/c1-2-3-7-20(13-6-8-26(23,24)11-13)16(21)10-25-17(22)15-9-14(18-19-15)12-4-5-12/h9,12-13H,2-8,10-11H2,1H3,(H,18,19). The molecule has 1 aliphatic heterocycles. The Labute approximate surface area is 153 Å². The minimum absolute atomic E-state index is 0.0134. The maximum atomic E-state index is 12.5. The Morgan fingerprint density at radius 1 is 1.35 bits per heavy atom. The van der Waals surface area contributed by atoms with E-state index in [0.717, 1.165) is 31.4 Å². The van der Waals surface area contributed by atoms with Crippen LogP contribution in [0.3, 0.4) is 0 Å². The lowest BCUT2D eigenvalue weighted by atomic mass is 10.2. The van der Waals surface area contributed by atoms with Gasteiger partial charge in [0.2, 0.25) is 0 Å². The largest absolute Gasteiger partial charge is 0.451 e. The molecule has 9 heteroatoms. The van der Waals surface area contributed by atoms with Crippen LogP contribution in [0.15, 0.2) is 6.07 Å². The number of carbonyl (C=O) groups is 2. The number of sulfone groups is 1. The quantitative estimate of drug-likeness (QED) is 0.677. The summed E-state index contributed by atoms with van der Waals surface area (Å²) in [7, 11) is -3.09. The van der Waals surface area contributed by atoms with Crippen LogP contribution in [0.2, 0.25) is 0 Å². The van der Waals surface area contributed by atoms with E-state index in [1.54, 1.807) is 11.0 Å². The van der Waals surface area contributed by atoms with Gasteiger partial charge >= 0.3 is 5.97 Å². The number of nitrogens with zero attached hydrogens (tertiary/aromatic N) is 2. The summed E-state index contributed by atoms with van der Waals surface area (Å²) in [5, 5.41) is 6.77. The number of ether oxygens (including phenoxy) is 1. The van der Waals surface area contributed by atoms with Crippen LogP contribution in [0.5, 0.6) is 0 Å². The van der Waals surface area contributed by atoms with E-state index in [4.69, 9.17) is 4.74 Å². The summed E-state index contributed by atoms with van der Waals surface area (Å²) in [6.45, 7) is 2.08. The number of aromatic nitrogens is 2. The van der Waals surface area contributed by atoms with Gasteiger partial charge in [-0.2, -0.15) is 5.10 Å². The smallest absolute Gasteiger partial charge is 0.359 e. The van der Waals surface area contributed by atoms with Gasteiger partial charge in [0.15, 0.2) is 22.1 Å². The van der Waals surface area contributed by atoms with Crippen LogP contribution < -0.4 is 0 Å². The van der Waals surface area contributed by atoms with Gasteiger partial charge in [0.25, 0.3) is 5.91 Å². The Bertz CT molecular complexity index is 769. The van der Waals surface area contributed by atoms with Crippen molar-refractivity contribution in [1.82, 2.24) is 15.1 Å². The monoisotopic (exact) mass is 383 g/mol. The van der Waals surface area contributed by atoms with Gasteiger partial charge in [0, 0.05) is 24.2 Å². The van der Waals surface area contributed by atoms with Gasteiger partial charge in [-0.1, -0.05) is 13.3 Å². The highest BCUT2D eigenvalue weighted by molar-refractivity contribution is 7.91. The molecule has 1 aromatic heterocycles. The topological polar surface area (TPSA) is 109 Å². The van der Waals surface area contributed by atoms with Crippen molar-refractivity contribution < 1.29 is 22.7 Å². The molecule has 26 heavy (non-hydrogen) atoms. The highest BCUT2D eigenvalue weighted by atomic mass is 32.2. The number of unbranched alkanes of at least 4 members (excludes halogenated alkanes) is 1. The van der Waals surface area contributed by atoms with E-state index in [2.05, 4.69) is 10.2 Å². The van der Waals surface area contributed by atoms with Gasteiger partial charge in [-0.25, -0.2) is 13.2 Å². The fourth-order valence-corrected chi connectivity index (χ4v) is 4.92. The maximum Gasteiger partial charge on any atom is 0.359 e. The van der Waals surface area contributed by atoms with Crippen molar-refractivity contribution in [3.8, 4) is 0 Å². The minimum Gasteiger partial charge on any atom is -0.451 e. The fraction of sp³-hybridized carbons (Fsp3) is 0.706. The second-order valence-electron chi connectivity index (χ2n) is 7.06. The Morgan fingerprint density at radius 3 is 2.73 bits per heavy atom. The molecule has 2 aliphatic rings. The maximum absolute atomic E-state index is 12.5. The van der Waals surface area contributed by atoms with E-state index in [0.29, 0.717) is 18.9 Å². The van der Waals surface area contributed by atoms with Crippen molar-refractivity contribution in [3.05, 3.63) is 17.5 Å². The molecule has 1 aliphatic carbocycles. The van der Waals surface area contributed by atoms with Crippen molar-refractivity contribution in [2.75, 3.05) is 24.7 Å². The van der Waals surface area contributed by atoms with Crippen LogP contribution in [0.25, 0.3) is 0 Å². The first kappa shape index (κ1) is 18.9. The molecule has 1 unspecified atom stereocenters. The molecule has 0 bridgehead atoms. The van der Waals surface area contributed by atoms with E-state index in [-0.39, 0.29) is 29.1 Å². The number of carbonyl (C=O) groups excluding carboxylic acids is 2. The molecule has 1 atom stereocenters. The van der Waals surface area contributed by atoms with Crippen molar-refractivity contribution in [2.45, 2.75) is 51.0 Å². The highest BCUT2D eigenvalue weighted by Crippen LogP contribution is 2.39. The fourth-order valence-electron chi connectivity index (χ4n) is 3.19. The molecule has 1 saturated heterocycles. The lowest BCUT2D eigenvalue weighted by Crippen LogP contribution is -2.43. The Morgan fingerprint density at radius 2 is 2.12 bits per heavy atom. The van der Waals surface area contributed by atoms with E-state index < -0.39 is 22.4 Å². The van der Waals surface area contributed by atoms with E-state index in [1.807, 2.05) is 6.92 Å². The number of amides is 1. The zero-order valence-corrected chi connectivity index (χ0v) is 15.8. The average molecular weight is 383 g/mol. The minimum atomic E-state index is -3.09. The molecule has 0 aromatic carbocycles. The first-order valence-electron chi connectivity index (χ1n) is 9.12. The third kappa shape index (κ3) is 4.63. The summed E-state index contributed by atoms with van der Waals surface area (Å²) in [4.78, 5) is 26.2. The van der Waals surface area contributed by atoms with Crippen molar-refractivity contribution >= 4 is 21.7 Å². The summed E-state index contributed by atoms with van der Waals surface area (Å²) in [6.07, 6.45) is 4.29. The molecule has 2 heterocycles. The van der Waals surface area contributed by atoms with Gasteiger partial charge in [-0.3, -0.25) is 9.89 Å². The summed E-state index contributed by atoms with van der Waals surface area (Å²) < 4.78 is 28.6. The van der Waals surface area contributed by atoms with Crippen LogP contribution in [0, 0.1) is 0 Å².